The van der Waals surface area contributed by atoms with E-state index in [1.807, 2.05) is 68.4 Å². The monoisotopic (exact) mass is 312 g/mol. The number of ether oxygens (including phenoxy) is 2. The van der Waals surface area contributed by atoms with Crippen molar-refractivity contribution in [1.29, 1.82) is 0 Å². The van der Waals surface area contributed by atoms with Crippen LogP contribution in [0.5, 0.6) is 11.5 Å². The number of hydrogen-bond acceptors (Lipinski definition) is 4. The summed E-state index contributed by atoms with van der Waals surface area (Å²) in [6, 6.07) is 15.0. The van der Waals surface area contributed by atoms with Crippen molar-refractivity contribution in [1.82, 2.24) is 0 Å². The summed E-state index contributed by atoms with van der Waals surface area (Å²) in [4.78, 5) is 14.5. The Balaban J connectivity index is 1.71. The molecule has 0 saturated carbocycles. The first-order chi connectivity index (χ1) is 11.0. The first-order valence-electron chi connectivity index (χ1n) is 7.55. The molecule has 0 spiro atoms. The average Bonchev–Trinajstić information content (AvgIpc) is 2.54. The van der Waals surface area contributed by atoms with Crippen molar-refractivity contribution >= 4 is 17.3 Å². The second kappa shape index (κ2) is 6.20. The van der Waals surface area contributed by atoms with E-state index in [4.69, 9.17) is 9.47 Å². The Morgan fingerprint density at radius 2 is 1.61 bits per heavy atom. The van der Waals surface area contributed by atoms with E-state index in [9.17, 15) is 4.79 Å². The summed E-state index contributed by atoms with van der Waals surface area (Å²) in [5, 5.41) is 2.88. The highest BCUT2D eigenvalue weighted by molar-refractivity contribution is 5.95. The van der Waals surface area contributed by atoms with Gasteiger partial charge in [0.05, 0.1) is 0 Å². The molecular formula is C18H20N2O3. The third kappa shape index (κ3) is 3.23. The predicted octanol–water partition coefficient (Wildman–Crippen LogP) is 2.92. The molecule has 1 amide bonds. The topological polar surface area (TPSA) is 50.8 Å². The molecule has 2 atom stereocenters. The standard InChI is InChI=1S/C18H20N2O3/c1-12-17(23-16-7-5-4-6-15(16)22-12)18(21)19-13-8-10-14(11-9-13)20(2)3/h4-12,17H,1-3H3,(H,19,21)/t12-,17-/m0/s1. The lowest BCUT2D eigenvalue weighted by Crippen LogP contribution is -2.46. The van der Waals surface area contributed by atoms with Crippen molar-refractivity contribution in [3.63, 3.8) is 0 Å². The Kier molecular flexibility index (Phi) is 4.10. The fraction of sp³-hybridized carbons (Fsp3) is 0.278. The fourth-order valence-corrected chi connectivity index (χ4v) is 2.46. The molecule has 0 saturated heterocycles. The van der Waals surface area contributed by atoms with Crippen LogP contribution in [0.4, 0.5) is 11.4 Å². The van der Waals surface area contributed by atoms with E-state index < -0.39 is 6.10 Å². The predicted molar refractivity (Wildman–Crippen MR) is 90.3 cm³/mol. The normalized spacial score (nSPS) is 19.1. The zero-order valence-electron chi connectivity index (χ0n) is 13.4. The molecule has 23 heavy (non-hydrogen) atoms. The maximum absolute atomic E-state index is 12.5. The molecule has 0 aliphatic carbocycles. The maximum Gasteiger partial charge on any atom is 0.269 e. The Hall–Kier alpha value is -2.69. The molecule has 0 radical (unpaired) electrons. The van der Waals surface area contributed by atoms with Crippen molar-refractivity contribution in [2.45, 2.75) is 19.1 Å². The maximum atomic E-state index is 12.5. The number of para-hydroxylation sites is 2. The number of amides is 1. The Morgan fingerprint density at radius 3 is 2.22 bits per heavy atom. The molecule has 5 nitrogen and oxygen atoms in total. The van der Waals surface area contributed by atoms with E-state index in [0.29, 0.717) is 11.5 Å². The molecule has 1 aliphatic rings. The minimum absolute atomic E-state index is 0.218. The number of anilines is 2. The Labute approximate surface area is 135 Å². The molecule has 1 heterocycles. The zero-order chi connectivity index (χ0) is 16.4. The SMILES string of the molecule is C[C@@H]1Oc2ccccc2O[C@@H]1C(=O)Nc1ccc(N(C)C)cc1. The third-order valence-corrected chi connectivity index (χ3v) is 3.75. The summed E-state index contributed by atoms with van der Waals surface area (Å²) >= 11 is 0. The number of nitrogens with zero attached hydrogens (tertiary/aromatic N) is 1. The first-order valence-corrected chi connectivity index (χ1v) is 7.55. The molecular weight excluding hydrogens is 292 g/mol. The second-order valence-electron chi connectivity index (χ2n) is 5.74. The van der Waals surface area contributed by atoms with E-state index in [1.54, 1.807) is 6.07 Å². The van der Waals surface area contributed by atoms with Crippen molar-refractivity contribution < 1.29 is 14.3 Å². The van der Waals surface area contributed by atoms with Gasteiger partial charge in [0.2, 0.25) is 6.10 Å². The van der Waals surface area contributed by atoms with Gasteiger partial charge in [0.25, 0.3) is 5.91 Å². The zero-order valence-corrected chi connectivity index (χ0v) is 13.4. The van der Waals surface area contributed by atoms with Crippen LogP contribution >= 0.6 is 0 Å². The minimum atomic E-state index is -0.682. The van der Waals surface area contributed by atoms with Crippen LogP contribution in [0.2, 0.25) is 0 Å². The Morgan fingerprint density at radius 1 is 1.00 bits per heavy atom. The lowest BCUT2D eigenvalue weighted by atomic mass is 10.1. The van der Waals surface area contributed by atoms with Crippen LogP contribution in [0.1, 0.15) is 6.92 Å². The van der Waals surface area contributed by atoms with E-state index in [2.05, 4.69) is 5.32 Å². The largest absolute Gasteiger partial charge is 0.482 e. The van der Waals surface area contributed by atoms with Crippen LogP contribution in [0.25, 0.3) is 0 Å². The molecule has 0 fully saturated rings. The molecule has 0 bridgehead atoms. The van der Waals surface area contributed by atoms with Crippen LogP contribution in [0, 0.1) is 0 Å². The first kappa shape index (κ1) is 15.2. The lowest BCUT2D eigenvalue weighted by Gasteiger charge is -2.31. The highest BCUT2D eigenvalue weighted by atomic mass is 16.6. The van der Waals surface area contributed by atoms with Gasteiger partial charge in [0.1, 0.15) is 6.10 Å². The molecule has 2 aromatic carbocycles. The third-order valence-electron chi connectivity index (χ3n) is 3.75. The number of rotatable bonds is 3. The number of nitrogens with one attached hydrogen (secondary N) is 1. The van der Waals surface area contributed by atoms with Crippen LogP contribution in [0.15, 0.2) is 48.5 Å². The number of fused-ring (bicyclic) bond motifs is 1. The molecule has 0 aromatic heterocycles. The summed E-state index contributed by atoms with van der Waals surface area (Å²) in [5.41, 5.74) is 1.80. The van der Waals surface area contributed by atoms with Gasteiger partial charge in [-0.25, -0.2) is 0 Å². The van der Waals surface area contributed by atoms with Crippen LogP contribution in [-0.2, 0) is 4.79 Å². The summed E-state index contributed by atoms with van der Waals surface area (Å²) < 4.78 is 11.6. The second-order valence-corrected chi connectivity index (χ2v) is 5.74. The summed E-state index contributed by atoms with van der Waals surface area (Å²) in [5.74, 6) is 1.04. The van der Waals surface area contributed by atoms with Gasteiger partial charge in [-0.1, -0.05) is 12.1 Å². The van der Waals surface area contributed by atoms with Gasteiger partial charge in [0.15, 0.2) is 11.5 Å². The molecule has 0 unspecified atom stereocenters. The summed E-state index contributed by atoms with van der Waals surface area (Å²) in [6.45, 7) is 1.83. The smallest absolute Gasteiger partial charge is 0.269 e. The van der Waals surface area contributed by atoms with Gasteiger partial charge in [0, 0.05) is 25.5 Å². The lowest BCUT2D eigenvalue weighted by molar-refractivity contribution is -0.128. The van der Waals surface area contributed by atoms with Crippen molar-refractivity contribution in [2.75, 3.05) is 24.3 Å². The molecule has 5 heteroatoms. The van der Waals surface area contributed by atoms with Gasteiger partial charge < -0.3 is 19.7 Å². The number of benzene rings is 2. The molecule has 120 valence electrons. The number of carbonyl (C=O) groups excluding carboxylic acids is 1. The molecule has 1 N–H and O–H groups in total. The molecule has 2 aromatic rings. The number of carbonyl (C=O) groups is 1. The average molecular weight is 312 g/mol. The molecule has 3 rings (SSSR count). The van der Waals surface area contributed by atoms with E-state index in [-0.39, 0.29) is 12.0 Å². The Bertz CT molecular complexity index is 698. The van der Waals surface area contributed by atoms with E-state index in [0.717, 1.165) is 11.4 Å². The highest BCUT2D eigenvalue weighted by Gasteiger charge is 2.34. The van der Waals surface area contributed by atoms with Gasteiger partial charge in [-0.15, -0.1) is 0 Å². The summed E-state index contributed by atoms with van der Waals surface area (Å²) in [6.07, 6.45) is -1.04. The minimum Gasteiger partial charge on any atom is -0.482 e. The van der Waals surface area contributed by atoms with Crippen molar-refractivity contribution in [2.24, 2.45) is 0 Å². The van der Waals surface area contributed by atoms with Crippen molar-refractivity contribution in [3.8, 4) is 11.5 Å². The van der Waals surface area contributed by atoms with Crippen molar-refractivity contribution in [3.05, 3.63) is 48.5 Å². The molecule has 1 aliphatic heterocycles. The van der Waals surface area contributed by atoms with Gasteiger partial charge in [-0.05, 0) is 43.3 Å². The number of hydrogen-bond donors (Lipinski definition) is 1. The summed E-state index contributed by atoms with van der Waals surface area (Å²) in [7, 11) is 3.94. The van der Waals surface area contributed by atoms with E-state index >= 15 is 0 Å². The van der Waals surface area contributed by atoms with E-state index in [1.165, 1.54) is 0 Å². The van der Waals surface area contributed by atoms with Crippen LogP contribution < -0.4 is 19.7 Å². The highest BCUT2D eigenvalue weighted by Crippen LogP contribution is 2.33. The van der Waals surface area contributed by atoms with Gasteiger partial charge >= 0.3 is 0 Å². The quantitative estimate of drug-likeness (QED) is 0.947. The van der Waals surface area contributed by atoms with Crippen LogP contribution in [0.3, 0.4) is 0 Å². The van der Waals surface area contributed by atoms with Gasteiger partial charge in [-0.2, -0.15) is 0 Å². The van der Waals surface area contributed by atoms with Crippen LogP contribution in [-0.4, -0.2) is 32.2 Å². The van der Waals surface area contributed by atoms with Gasteiger partial charge in [-0.3, -0.25) is 4.79 Å². The fourth-order valence-electron chi connectivity index (χ4n) is 2.46.